The van der Waals surface area contributed by atoms with Crippen LogP contribution in [0.15, 0.2) is 11.6 Å². The lowest BCUT2D eigenvalue weighted by Gasteiger charge is -2.21. The highest BCUT2D eigenvalue weighted by molar-refractivity contribution is 6.52. The summed E-state index contributed by atoms with van der Waals surface area (Å²) in [6.45, 7) is 5.37. The van der Waals surface area contributed by atoms with E-state index >= 15 is 0 Å². The summed E-state index contributed by atoms with van der Waals surface area (Å²) in [6, 6.07) is 2.67. The molecule has 64 valence electrons. The second-order valence-electron chi connectivity index (χ2n) is 3.33. The maximum absolute atomic E-state index is 5.75. The Morgan fingerprint density at radius 1 is 1.55 bits per heavy atom. The van der Waals surface area contributed by atoms with Crippen molar-refractivity contribution in [1.82, 2.24) is 0 Å². The second-order valence-corrected chi connectivity index (χ2v) is 5.89. The predicted octanol–water partition coefficient (Wildman–Crippen LogP) is 2.49. The summed E-state index contributed by atoms with van der Waals surface area (Å²) >= 11 is 0. The highest BCUT2D eigenvalue weighted by Crippen LogP contribution is 2.17. The van der Waals surface area contributed by atoms with Crippen LogP contribution in [0.3, 0.4) is 0 Å². The molecule has 1 nitrogen and oxygen atoms in total. The van der Waals surface area contributed by atoms with Crippen LogP contribution in [-0.4, -0.2) is 15.6 Å². The van der Waals surface area contributed by atoms with Crippen LogP contribution in [0.4, 0.5) is 0 Å². The van der Waals surface area contributed by atoms with Crippen LogP contribution in [-0.2, 0) is 4.43 Å². The Kier molecular flexibility index (Phi) is 3.87. The van der Waals surface area contributed by atoms with E-state index in [4.69, 9.17) is 4.43 Å². The van der Waals surface area contributed by atoms with Gasteiger partial charge >= 0.3 is 0 Å². The fourth-order valence-corrected chi connectivity index (χ4v) is 4.13. The van der Waals surface area contributed by atoms with Gasteiger partial charge in [0, 0.05) is 6.61 Å². The SMILES string of the molecule is CC=C(C)C[SiH]1CCCCO1. The average molecular weight is 170 g/mol. The van der Waals surface area contributed by atoms with Crippen LogP contribution in [0, 0.1) is 0 Å². The molecular formula is C9H18OSi. The minimum absolute atomic E-state index is 0.770. The zero-order valence-corrected chi connectivity index (χ0v) is 8.75. The van der Waals surface area contributed by atoms with E-state index in [1.54, 1.807) is 0 Å². The molecule has 1 unspecified atom stereocenters. The predicted molar refractivity (Wildman–Crippen MR) is 51.4 cm³/mol. The van der Waals surface area contributed by atoms with Gasteiger partial charge in [-0.2, -0.15) is 0 Å². The molecule has 0 amide bonds. The van der Waals surface area contributed by atoms with Crippen LogP contribution >= 0.6 is 0 Å². The molecular weight excluding hydrogens is 152 g/mol. The van der Waals surface area contributed by atoms with Crippen LogP contribution in [0.5, 0.6) is 0 Å². The summed E-state index contributed by atoms with van der Waals surface area (Å²) in [5.74, 6) is 0. The van der Waals surface area contributed by atoms with Crippen LogP contribution in [0.1, 0.15) is 26.7 Å². The van der Waals surface area contributed by atoms with Gasteiger partial charge in [0.05, 0.1) is 0 Å². The topological polar surface area (TPSA) is 9.23 Å². The van der Waals surface area contributed by atoms with Gasteiger partial charge < -0.3 is 4.43 Å². The first kappa shape index (κ1) is 9.01. The molecule has 0 aromatic carbocycles. The first-order chi connectivity index (χ1) is 5.33. The zero-order chi connectivity index (χ0) is 8.10. The largest absolute Gasteiger partial charge is 0.420 e. The number of rotatable bonds is 2. The monoisotopic (exact) mass is 170 g/mol. The number of hydrogen-bond donors (Lipinski definition) is 0. The smallest absolute Gasteiger partial charge is 0.180 e. The summed E-state index contributed by atoms with van der Waals surface area (Å²) in [4.78, 5) is 0. The molecule has 0 radical (unpaired) electrons. The minimum atomic E-state index is -0.770. The highest BCUT2D eigenvalue weighted by Gasteiger charge is 2.15. The molecule has 0 aromatic heterocycles. The van der Waals surface area contributed by atoms with Gasteiger partial charge in [0.2, 0.25) is 0 Å². The van der Waals surface area contributed by atoms with Gasteiger partial charge in [0.15, 0.2) is 9.04 Å². The van der Waals surface area contributed by atoms with Gasteiger partial charge in [0.25, 0.3) is 0 Å². The van der Waals surface area contributed by atoms with Crippen molar-refractivity contribution in [2.75, 3.05) is 6.61 Å². The molecule has 0 aliphatic carbocycles. The van der Waals surface area contributed by atoms with Crippen molar-refractivity contribution < 1.29 is 4.43 Å². The number of hydrogen-bond acceptors (Lipinski definition) is 1. The van der Waals surface area contributed by atoms with Gasteiger partial charge in [-0.05, 0) is 32.4 Å². The molecule has 1 saturated heterocycles. The van der Waals surface area contributed by atoms with Crippen LogP contribution in [0.2, 0.25) is 12.1 Å². The summed E-state index contributed by atoms with van der Waals surface area (Å²) in [7, 11) is -0.770. The maximum Gasteiger partial charge on any atom is 0.180 e. The van der Waals surface area contributed by atoms with Gasteiger partial charge in [-0.3, -0.25) is 0 Å². The standard InChI is InChI=1S/C9H18OSi/c1-3-9(2)8-11-7-5-4-6-10-11/h3,11H,4-8H2,1-2H3. The molecule has 0 saturated carbocycles. The van der Waals surface area contributed by atoms with E-state index in [1.807, 2.05) is 0 Å². The maximum atomic E-state index is 5.75. The van der Waals surface area contributed by atoms with Gasteiger partial charge in [0.1, 0.15) is 0 Å². The molecule has 1 atom stereocenters. The van der Waals surface area contributed by atoms with Crippen molar-refractivity contribution >= 4 is 9.04 Å². The fourth-order valence-electron chi connectivity index (χ4n) is 1.45. The van der Waals surface area contributed by atoms with Crippen molar-refractivity contribution in [2.24, 2.45) is 0 Å². The number of allylic oxidation sites excluding steroid dienone is 2. The lowest BCUT2D eigenvalue weighted by atomic mass is 10.3. The molecule has 1 heterocycles. The molecule has 0 N–H and O–H groups in total. The molecule has 2 heteroatoms. The van der Waals surface area contributed by atoms with E-state index in [0.717, 1.165) is 6.61 Å². The normalized spacial score (nSPS) is 27.1. The molecule has 1 fully saturated rings. The van der Waals surface area contributed by atoms with E-state index in [2.05, 4.69) is 19.9 Å². The summed E-state index contributed by atoms with van der Waals surface area (Å²) in [6.07, 6.45) is 4.91. The zero-order valence-electron chi connectivity index (χ0n) is 7.60. The third-order valence-electron chi connectivity index (χ3n) is 2.32. The quantitative estimate of drug-likeness (QED) is 0.457. The molecule has 1 rings (SSSR count). The third kappa shape index (κ3) is 3.21. The Labute approximate surface area is 71.2 Å². The average Bonchev–Trinajstić information content (AvgIpc) is 2.06. The fraction of sp³-hybridized carbons (Fsp3) is 0.778. The first-order valence-corrected chi connectivity index (χ1v) is 6.66. The summed E-state index contributed by atoms with van der Waals surface area (Å²) in [5, 5.41) is 0. The molecule has 1 aliphatic heterocycles. The summed E-state index contributed by atoms with van der Waals surface area (Å²) in [5.41, 5.74) is 1.52. The molecule has 1 aliphatic rings. The van der Waals surface area contributed by atoms with Crippen molar-refractivity contribution in [3.05, 3.63) is 11.6 Å². The van der Waals surface area contributed by atoms with E-state index in [-0.39, 0.29) is 0 Å². The van der Waals surface area contributed by atoms with Crippen molar-refractivity contribution in [3.8, 4) is 0 Å². The molecule has 11 heavy (non-hydrogen) atoms. The summed E-state index contributed by atoms with van der Waals surface area (Å²) < 4.78 is 5.75. The van der Waals surface area contributed by atoms with Gasteiger partial charge in [-0.15, -0.1) is 0 Å². The van der Waals surface area contributed by atoms with Crippen LogP contribution in [0.25, 0.3) is 0 Å². The Morgan fingerprint density at radius 2 is 2.36 bits per heavy atom. The lowest BCUT2D eigenvalue weighted by Crippen LogP contribution is -2.23. The van der Waals surface area contributed by atoms with Crippen molar-refractivity contribution in [1.29, 1.82) is 0 Å². The van der Waals surface area contributed by atoms with E-state index in [1.165, 1.54) is 30.5 Å². The van der Waals surface area contributed by atoms with E-state index in [0.29, 0.717) is 0 Å². The Hall–Kier alpha value is -0.0831. The van der Waals surface area contributed by atoms with Crippen molar-refractivity contribution in [3.63, 3.8) is 0 Å². The molecule has 0 aromatic rings. The third-order valence-corrected chi connectivity index (χ3v) is 5.18. The lowest BCUT2D eigenvalue weighted by molar-refractivity contribution is 0.288. The van der Waals surface area contributed by atoms with E-state index < -0.39 is 9.04 Å². The molecule has 0 spiro atoms. The van der Waals surface area contributed by atoms with E-state index in [9.17, 15) is 0 Å². The first-order valence-electron chi connectivity index (χ1n) is 4.56. The Bertz CT molecular complexity index is 136. The Morgan fingerprint density at radius 3 is 2.91 bits per heavy atom. The second kappa shape index (κ2) is 4.73. The van der Waals surface area contributed by atoms with Crippen molar-refractivity contribution in [2.45, 2.75) is 38.8 Å². The highest BCUT2D eigenvalue weighted by atomic mass is 28.3. The van der Waals surface area contributed by atoms with Gasteiger partial charge in [-0.25, -0.2) is 0 Å². The Balaban J connectivity index is 2.24. The van der Waals surface area contributed by atoms with Crippen LogP contribution < -0.4 is 0 Å². The minimum Gasteiger partial charge on any atom is -0.420 e. The molecule has 0 bridgehead atoms. The van der Waals surface area contributed by atoms with Gasteiger partial charge in [-0.1, -0.05) is 18.1 Å².